The minimum Gasteiger partial charge on any atom is -0.356 e. The van der Waals surface area contributed by atoms with Gasteiger partial charge in [-0.3, -0.25) is 9.79 Å². The van der Waals surface area contributed by atoms with Crippen LogP contribution in [0, 0.1) is 0 Å². The lowest BCUT2D eigenvalue weighted by atomic mass is 9.85. The van der Waals surface area contributed by atoms with Gasteiger partial charge in [0.05, 0.1) is 0 Å². The van der Waals surface area contributed by atoms with Gasteiger partial charge in [-0.2, -0.15) is 0 Å². The number of guanidine groups is 1. The summed E-state index contributed by atoms with van der Waals surface area (Å²) in [6.07, 6.45) is 3.76. The number of hydrogen-bond donors (Lipinski definition) is 2. The number of aliphatic imine (C=N–C) groups is 1. The molecule has 0 atom stereocenters. The summed E-state index contributed by atoms with van der Waals surface area (Å²) < 4.78 is 1.75. The smallest absolute Gasteiger partial charge is 0.250 e. The highest BCUT2D eigenvalue weighted by molar-refractivity contribution is 5.79. The fraction of sp³-hybridized carbons (Fsp3) is 0.429. The van der Waals surface area contributed by atoms with E-state index in [4.69, 9.17) is 0 Å². The maximum Gasteiger partial charge on any atom is 0.250 e. The van der Waals surface area contributed by atoms with E-state index in [9.17, 15) is 4.79 Å². The Hall–Kier alpha value is -2.56. The van der Waals surface area contributed by atoms with Gasteiger partial charge in [-0.05, 0) is 24.5 Å². The maximum atomic E-state index is 11.7. The first kappa shape index (κ1) is 19.8. The molecule has 140 valence electrons. The van der Waals surface area contributed by atoms with Crippen molar-refractivity contribution in [3.05, 3.63) is 70.6 Å². The van der Waals surface area contributed by atoms with Crippen LogP contribution in [0.25, 0.3) is 0 Å². The fourth-order valence-electron chi connectivity index (χ4n) is 2.78. The number of benzene rings is 1. The number of nitrogens with one attached hydrogen (secondary N) is 2. The summed E-state index contributed by atoms with van der Waals surface area (Å²) in [5.74, 6) is 0.811. The Labute approximate surface area is 156 Å². The summed E-state index contributed by atoms with van der Waals surface area (Å²) in [6.45, 7) is 6.82. The van der Waals surface area contributed by atoms with Crippen LogP contribution < -0.4 is 16.2 Å². The van der Waals surface area contributed by atoms with Crippen LogP contribution in [0.15, 0.2) is 64.5 Å². The van der Waals surface area contributed by atoms with Crippen LogP contribution in [0.4, 0.5) is 0 Å². The number of aromatic nitrogens is 1. The maximum absolute atomic E-state index is 11.7. The van der Waals surface area contributed by atoms with Crippen molar-refractivity contribution in [3.8, 4) is 0 Å². The Bertz CT molecular complexity index is 750. The molecular weight excluding hydrogens is 324 g/mol. The molecular formula is C21H30N4O. The van der Waals surface area contributed by atoms with Crippen molar-refractivity contribution in [1.29, 1.82) is 0 Å². The van der Waals surface area contributed by atoms with Crippen LogP contribution >= 0.6 is 0 Å². The van der Waals surface area contributed by atoms with Gasteiger partial charge in [0.15, 0.2) is 5.96 Å². The second-order valence-corrected chi connectivity index (χ2v) is 7.04. The zero-order valence-corrected chi connectivity index (χ0v) is 16.0. The van der Waals surface area contributed by atoms with Crippen molar-refractivity contribution in [2.24, 2.45) is 4.99 Å². The van der Waals surface area contributed by atoms with E-state index in [0.29, 0.717) is 0 Å². The van der Waals surface area contributed by atoms with Crippen molar-refractivity contribution in [2.75, 3.05) is 20.1 Å². The summed E-state index contributed by atoms with van der Waals surface area (Å²) in [5.41, 5.74) is 1.38. The van der Waals surface area contributed by atoms with E-state index in [-0.39, 0.29) is 11.0 Å². The van der Waals surface area contributed by atoms with Crippen LogP contribution in [0.1, 0.15) is 32.3 Å². The van der Waals surface area contributed by atoms with Crippen molar-refractivity contribution in [1.82, 2.24) is 15.2 Å². The van der Waals surface area contributed by atoms with Crippen LogP contribution in [0.2, 0.25) is 0 Å². The highest BCUT2D eigenvalue weighted by Gasteiger charge is 2.20. The number of hydrogen-bond acceptors (Lipinski definition) is 2. The number of pyridine rings is 1. The highest BCUT2D eigenvalue weighted by atomic mass is 16.1. The van der Waals surface area contributed by atoms with Gasteiger partial charge in [-0.15, -0.1) is 0 Å². The molecule has 1 heterocycles. The first-order valence-electron chi connectivity index (χ1n) is 9.18. The van der Waals surface area contributed by atoms with Crippen molar-refractivity contribution in [3.63, 3.8) is 0 Å². The summed E-state index contributed by atoms with van der Waals surface area (Å²) in [4.78, 5) is 15.9. The van der Waals surface area contributed by atoms with Gasteiger partial charge in [-0.25, -0.2) is 0 Å². The minimum atomic E-state index is 0.0212. The van der Waals surface area contributed by atoms with Crippen LogP contribution in [-0.4, -0.2) is 30.7 Å². The molecule has 1 aromatic heterocycles. The van der Waals surface area contributed by atoms with Crippen molar-refractivity contribution >= 4 is 5.96 Å². The second kappa shape index (κ2) is 9.80. The van der Waals surface area contributed by atoms with Gasteiger partial charge in [-0.1, -0.05) is 50.2 Å². The topological polar surface area (TPSA) is 58.4 Å². The first-order valence-corrected chi connectivity index (χ1v) is 9.18. The molecule has 1 aromatic carbocycles. The zero-order chi connectivity index (χ0) is 18.8. The molecule has 0 aliphatic carbocycles. The Kier molecular flexibility index (Phi) is 7.45. The fourth-order valence-corrected chi connectivity index (χ4v) is 2.78. The van der Waals surface area contributed by atoms with E-state index >= 15 is 0 Å². The average molecular weight is 354 g/mol. The van der Waals surface area contributed by atoms with Crippen LogP contribution in [-0.2, 0) is 12.0 Å². The molecule has 0 unspecified atom stereocenters. The molecule has 0 amide bonds. The average Bonchev–Trinajstić information content (AvgIpc) is 2.66. The Morgan fingerprint density at radius 2 is 1.77 bits per heavy atom. The number of nitrogens with zero attached hydrogens (tertiary/aromatic N) is 2. The van der Waals surface area contributed by atoms with Crippen molar-refractivity contribution in [2.45, 2.75) is 38.6 Å². The van der Waals surface area contributed by atoms with Gasteiger partial charge in [0.1, 0.15) is 0 Å². The molecule has 2 N–H and O–H groups in total. The van der Waals surface area contributed by atoms with Gasteiger partial charge < -0.3 is 15.2 Å². The Morgan fingerprint density at radius 1 is 1.04 bits per heavy atom. The minimum absolute atomic E-state index is 0.0212. The Balaban J connectivity index is 1.71. The normalized spacial score (nSPS) is 12.0. The molecule has 0 fully saturated rings. The first-order chi connectivity index (χ1) is 12.5. The Morgan fingerprint density at radius 3 is 2.46 bits per heavy atom. The molecule has 0 bridgehead atoms. The standard InChI is InChI=1S/C21H30N4O/c1-21(2,18-11-5-4-6-12-18)17-24-20(22-3)23-14-8-10-16-25-15-9-7-13-19(25)26/h4-7,9,11-13,15H,8,10,14,16-17H2,1-3H3,(H2,22,23,24). The summed E-state index contributed by atoms with van der Waals surface area (Å²) >= 11 is 0. The molecule has 0 aliphatic heterocycles. The second-order valence-electron chi connectivity index (χ2n) is 7.04. The van der Waals surface area contributed by atoms with E-state index in [1.54, 1.807) is 23.7 Å². The third-order valence-corrected chi connectivity index (χ3v) is 4.49. The van der Waals surface area contributed by atoms with E-state index < -0.39 is 0 Å². The molecule has 5 heteroatoms. The van der Waals surface area contributed by atoms with Gasteiger partial charge in [0.2, 0.25) is 5.56 Å². The lowest BCUT2D eigenvalue weighted by Crippen LogP contribution is -2.43. The molecule has 0 radical (unpaired) electrons. The van der Waals surface area contributed by atoms with E-state index in [1.807, 2.05) is 18.3 Å². The third-order valence-electron chi connectivity index (χ3n) is 4.49. The van der Waals surface area contributed by atoms with Gasteiger partial charge >= 0.3 is 0 Å². The van der Waals surface area contributed by atoms with Gasteiger partial charge in [0, 0.05) is 44.4 Å². The summed E-state index contributed by atoms with van der Waals surface area (Å²) in [6, 6.07) is 15.7. The molecule has 0 saturated heterocycles. The van der Waals surface area contributed by atoms with Crippen molar-refractivity contribution < 1.29 is 0 Å². The molecule has 0 spiro atoms. The van der Waals surface area contributed by atoms with E-state index in [2.05, 4.69) is 53.7 Å². The summed E-state index contributed by atoms with van der Waals surface area (Å²) in [5, 5.41) is 6.76. The SMILES string of the molecule is CN=C(NCCCCn1ccccc1=O)NCC(C)(C)c1ccccc1. The quantitative estimate of drug-likeness (QED) is 0.435. The molecule has 0 aliphatic rings. The van der Waals surface area contributed by atoms with Crippen LogP contribution in [0.3, 0.4) is 0 Å². The number of rotatable bonds is 8. The van der Waals surface area contributed by atoms with E-state index in [0.717, 1.165) is 38.4 Å². The predicted molar refractivity (Wildman–Crippen MR) is 109 cm³/mol. The molecule has 26 heavy (non-hydrogen) atoms. The van der Waals surface area contributed by atoms with Crippen LogP contribution in [0.5, 0.6) is 0 Å². The predicted octanol–water partition coefficient (Wildman–Crippen LogP) is 2.77. The molecule has 5 nitrogen and oxygen atoms in total. The molecule has 2 rings (SSSR count). The molecule has 0 saturated carbocycles. The van der Waals surface area contributed by atoms with Gasteiger partial charge in [0.25, 0.3) is 0 Å². The zero-order valence-electron chi connectivity index (χ0n) is 16.0. The number of aryl methyl sites for hydroxylation is 1. The highest BCUT2D eigenvalue weighted by Crippen LogP contribution is 2.21. The largest absolute Gasteiger partial charge is 0.356 e. The van der Waals surface area contributed by atoms with E-state index in [1.165, 1.54) is 5.56 Å². The lowest BCUT2D eigenvalue weighted by Gasteiger charge is -2.26. The lowest BCUT2D eigenvalue weighted by molar-refractivity contribution is 0.507. The summed E-state index contributed by atoms with van der Waals surface area (Å²) in [7, 11) is 1.79. The monoisotopic (exact) mass is 354 g/mol. The number of unbranched alkanes of at least 4 members (excludes halogenated alkanes) is 1. The third kappa shape index (κ3) is 6.06. The molecule has 2 aromatic rings.